The zero-order valence-electron chi connectivity index (χ0n) is 14.6. The number of ether oxygens (including phenoxy) is 3. The van der Waals surface area contributed by atoms with Crippen LogP contribution in [0.3, 0.4) is 0 Å². The van der Waals surface area contributed by atoms with Gasteiger partial charge in [0, 0.05) is 45.5 Å². The van der Waals surface area contributed by atoms with Crippen LogP contribution in [0.4, 0.5) is 0 Å². The first-order valence-corrected chi connectivity index (χ1v) is 7.89. The molecule has 6 heteroatoms. The first-order valence-electron chi connectivity index (χ1n) is 7.89. The van der Waals surface area contributed by atoms with Crippen molar-refractivity contribution in [1.29, 1.82) is 0 Å². The van der Waals surface area contributed by atoms with Crippen LogP contribution in [0.5, 0.6) is 11.5 Å². The maximum Gasteiger partial charge on any atom is 0.191 e. The SMILES string of the molecule is CN=C(NCCCCCOC)NCc1ccc(OC)cc1OC. The van der Waals surface area contributed by atoms with Crippen LogP contribution in [0.15, 0.2) is 23.2 Å². The molecule has 0 radical (unpaired) electrons. The van der Waals surface area contributed by atoms with Crippen LogP contribution in [0, 0.1) is 0 Å². The van der Waals surface area contributed by atoms with Crippen molar-refractivity contribution >= 4 is 5.96 Å². The lowest BCUT2D eigenvalue weighted by atomic mass is 10.2. The molecule has 0 aliphatic heterocycles. The van der Waals surface area contributed by atoms with Crippen molar-refractivity contribution in [3.63, 3.8) is 0 Å². The van der Waals surface area contributed by atoms with Crippen LogP contribution < -0.4 is 20.1 Å². The fourth-order valence-corrected chi connectivity index (χ4v) is 2.15. The zero-order chi connectivity index (χ0) is 16.9. The van der Waals surface area contributed by atoms with Crippen LogP contribution in [-0.4, -0.2) is 47.5 Å². The van der Waals surface area contributed by atoms with Crippen LogP contribution in [0.1, 0.15) is 24.8 Å². The summed E-state index contributed by atoms with van der Waals surface area (Å²) in [6, 6.07) is 5.79. The third kappa shape index (κ3) is 7.23. The van der Waals surface area contributed by atoms with E-state index in [2.05, 4.69) is 15.6 Å². The lowest BCUT2D eigenvalue weighted by Crippen LogP contribution is -2.37. The Morgan fingerprint density at radius 2 is 1.87 bits per heavy atom. The Morgan fingerprint density at radius 1 is 1.04 bits per heavy atom. The molecule has 0 amide bonds. The number of hydrogen-bond donors (Lipinski definition) is 2. The Bertz CT molecular complexity index is 478. The molecule has 0 aliphatic rings. The second-order valence-corrected chi connectivity index (χ2v) is 5.08. The average Bonchev–Trinajstić information content (AvgIpc) is 2.60. The van der Waals surface area contributed by atoms with E-state index in [9.17, 15) is 0 Å². The van der Waals surface area contributed by atoms with Gasteiger partial charge in [0.15, 0.2) is 5.96 Å². The third-order valence-corrected chi connectivity index (χ3v) is 3.48. The fraction of sp³-hybridized carbons (Fsp3) is 0.588. The number of unbranched alkanes of at least 4 members (excludes halogenated alkanes) is 2. The van der Waals surface area contributed by atoms with Crippen molar-refractivity contribution in [2.45, 2.75) is 25.8 Å². The lowest BCUT2D eigenvalue weighted by Gasteiger charge is -2.14. The number of benzene rings is 1. The summed E-state index contributed by atoms with van der Waals surface area (Å²) in [4.78, 5) is 4.23. The summed E-state index contributed by atoms with van der Waals surface area (Å²) in [5, 5.41) is 6.60. The molecule has 23 heavy (non-hydrogen) atoms. The topological polar surface area (TPSA) is 64.1 Å². The van der Waals surface area contributed by atoms with Crippen LogP contribution in [0.25, 0.3) is 0 Å². The van der Waals surface area contributed by atoms with Crippen molar-refractivity contribution in [3.05, 3.63) is 23.8 Å². The van der Waals surface area contributed by atoms with Crippen LogP contribution in [-0.2, 0) is 11.3 Å². The zero-order valence-corrected chi connectivity index (χ0v) is 14.6. The highest BCUT2D eigenvalue weighted by molar-refractivity contribution is 5.79. The predicted molar refractivity (Wildman–Crippen MR) is 93.5 cm³/mol. The van der Waals surface area contributed by atoms with Gasteiger partial charge in [-0.1, -0.05) is 0 Å². The highest BCUT2D eigenvalue weighted by atomic mass is 16.5. The van der Waals surface area contributed by atoms with E-state index in [1.54, 1.807) is 28.4 Å². The Labute approximate surface area is 139 Å². The molecule has 1 aromatic carbocycles. The molecule has 1 rings (SSSR count). The van der Waals surface area contributed by atoms with Crippen molar-refractivity contribution in [2.24, 2.45) is 4.99 Å². The number of nitrogens with one attached hydrogen (secondary N) is 2. The van der Waals surface area contributed by atoms with Gasteiger partial charge in [-0.15, -0.1) is 0 Å². The van der Waals surface area contributed by atoms with Crippen molar-refractivity contribution < 1.29 is 14.2 Å². The number of rotatable bonds is 10. The quantitative estimate of drug-likeness (QED) is 0.392. The van der Waals surface area contributed by atoms with E-state index in [1.165, 1.54) is 0 Å². The second-order valence-electron chi connectivity index (χ2n) is 5.08. The van der Waals surface area contributed by atoms with Gasteiger partial charge >= 0.3 is 0 Å². The molecular formula is C17H29N3O3. The molecule has 0 saturated carbocycles. The summed E-state index contributed by atoms with van der Waals surface area (Å²) < 4.78 is 15.6. The van der Waals surface area contributed by atoms with Gasteiger partial charge in [0.2, 0.25) is 0 Å². The van der Waals surface area contributed by atoms with Gasteiger partial charge in [0.1, 0.15) is 11.5 Å². The van der Waals surface area contributed by atoms with E-state index in [0.29, 0.717) is 6.54 Å². The van der Waals surface area contributed by atoms with Gasteiger partial charge in [0.05, 0.1) is 14.2 Å². The summed E-state index contributed by atoms with van der Waals surface area (Å²) in [5.41, 5.74) is 1.05. The molecule has 0 atom stereocenters. The monoisotopic (exact) mass is 323 g/mol. The molecule has 0 unspecified atom stereocenters. The van der Waals surface area contributed by atoms with Gasteiger partial charge in [-0.3, -0.25) is 4.99 Å². The van der Waals surface area contributed by atoms with E-state index in [0.717, 1.165) is 55.4 Å². The number of methoxy groups -OCH3 is 3. The van der Waals surface area contributed by atoms with Crippen LogP contribution >= 0.6 is 0 Å². The highest BCUT2D eigenvalue weighted by Crippen LogP contribution is 2.24. The molecule has 6 nitrogen and oxygen atoms in total. The van der Waals surface area contributed by atoms with E-state index in [-0.39, 0.29) is 0 Å². The Morgan fingerprint density at radius 3 is 2.52 bits per heavy atom. The Balaban J connectivity index is 2.39. The summed E-state index contributed by atoms with van der Waals surface area (Å²) in [6.07, 6.45) is 3.33. The van der Waals surface area contributed by atoms with E-state index in [1.807, 2.05) is 18.2 Å². The molecule has 0 aromatic heterocycles. The standard InChI is InChI=1S/C17H29N3O3/c1-18-17(19-10-6-5-7-11-21-2)20-13-14-8-9-15(22-3)12-16(14)23-4/h8-9,12H,5-7,10-11,13H2,1-4H3,(H2,18,19,20). The molecular weight excluding hydrogens is 294 g/mol. The molecule has 1 aromatic rings. The van der Waals surface area contributed by atoms with Gasteiger partial charge in [0.25, 0.3) is 0 Å². The molecule has 2 N–H and O–H groups in total. The second kappa shape index (κ2) is 11.6. The molecule has 0 heterocycles. The average molecular weight is 323 g/mol. The van der Waals surface area contributed by atoms with Gasteiger partial charge < -0.3 is 24.8 Å². The predicted octanol–water partition coefficient (Wildman–Crippen LogP) is 2.19. The van der Waals surface area contributed by atoms with E-state index >= 15 is 0 Å². The molecule has 130 valence electrons. The summed E-state index contributed by atoms with van der Waals surface area (Å²) in [7, 11) is 6.80. The fourth-order valence-electron chi connectivity index (χ4n) is 2.15. The van der Waals surface area contributed by atoms with E-state index in [4.69, 9.17) is 14.2 Å². The normalized spacial score (nSPS) is 11.2. The Kier molecular flexibility index (Phi) is 9.63. The first-order chi connectivity index (χ1) is 11.2. The summed E-state index contributed by atoms with van der Waals surface area (Å²) >= 11 is 0. The minimum absolute atomic E-state index is 0.635. The highest BCUT2D eigenvalue weighted by Gasteiger charge is 2.06. The number of hydrogen-bond acceptors (Lipinski definition) is 4. The molecule has 0 fully saturated rings. The maximum absolute atomic E-state index is 5.40. The van der Waals surface area contributed by atoms with Gasteiger partial charge in [-0.05, 0) is 31.4 Å². The Hall–Kier alpha value is -1.95. The number of nitrogens with zero attached hydrogens (tertiary/aromatic N) is 1. The van der Waals surface area contributed by atoms with Crippen molar-refractivity contribution in [1.82, 2.24) is 10.6 Å². The lowest BCUT2D eigenvalue weighted by molar-refractivity contribution is 0.192. The number of guanidine groups is 1. The molecule has 0 aliphatic carbocycles. The van der Waals surface area contributed by atoms with Gasteiger partial charge in [-0.2, -0.15) is 0 Å². The molecule has 0 saturated heterocycles. The number of aliphatic imine (C=N–C) groups is 1. The van der Waals surface area contributed by atoms with Gasteiger partial charge in [-0.25, -0.2) is 0 Å². The van der Waals surface area contributed by atoms with E-state index < -0.39 is 0 Å². The summed E-state index contributed by atoms with van der Waals surface area (Å²) in [5.74, 6) is 2.37. The minimum Gasteiger partial charge on any atom is -0.497 e. The smallest absolute Gasteiger partial charge is 0.191 e. The van der Waals surface area contributed by atoms with Crippen molar-refractivity contribution in [2.75, 3.05) is 41.5 Å². The maximum atomic E-state index is 5.40. The van der Waals surface area contributed by atoms with Crippen LogP contribution in [0.2, 0.25) is 0 Å². The van der Waals surface area contributed by atoms with Crippen molar-refractivity contribution in [3.8, 4) is 11.5 Å². The first kappa shape index (κ1) is 19.1. The third-order valence-electron chi connectivity index (χ3n) is 3.48. The molecule has 0 spiro atoms. The minimum atomic E-state index is 0.635. The summed E-state index contributed by atoms with van der Waals surface area (Å²) in [6.45, 7) is 2.35. The largest absolute Gasteiger partial charge is 0.497 e. The molecule has 0 bridgehead atoms.